The van der Waals surface area contributed by atoms with Gasteiger partial charge in [0.25, 0.3) is 0 Å². The SMILES string of the molecule is CCN(CC)C(=O)C1c2ccccc2-c2ccccc21. The number of likely N-dealkylation sites (N-methyl/N-ethyl adjacent to an activating group) is 1. The van der Waals surface area contributed by atoms with Crippen LogP contribution in [0.3, 0.4) is 0 Å². The molecule has 2 heteroatoms. The summed E-state index contributed by atoms with van der Waals surface area (Å²) in [5, 5.41) is 0. The number of benzene rings is 2. The highest BCUT2D eigenvalue weighted by Crippen LogP contribution is 2.45. The zero-order chi connectivity index (χ0) is 14.1. The van der Waals surface area contributed by atoms with Crippen LogP contribution in [0.15, 0.2) is 48.5 Å². The summed E-state index contributed by atoms with van der Waals surface area (Å²) in [6, 6.07) is 16.5. The van der Waals surface area contributed by atoms with Gasteiger partial charge in [0.15, 0.2) is 0 Å². The summed E-state index contributed by atoms with van der Waals surface area (Å²) in [4.78, 5) is 14.8. The maximum atomic E-state index is 12.9. The molecule has 0 saturated heterocycles. The maximum absolute atomic E-state index is 12.9. The summed E-state index contributed by atoms with van der Waals surface area (Å²) in [7, 11) is 0. The van der Waals surface area contributed by atoms with Crippen LogP contribution in [-0.2, 0) is 4.79 Å². The first-order valence-corrected chi connectivity index (χ1v) is 7.25. The van der Waals surface area contributed by atoms with Crippen LogP contribution in [0.5, 0.6) is 0 Å². The van der Waals surface area contributed by atoms with Crippen molar-refractivity contribution in [3.63, 3.8) is 0 Å². The molecule has 2 nitrogen and oxygen atoms in total. The summed E-state index contributed by atoms with van der Waals surface area (Å²) < 4.78 is 0. The van der Waals surface area contributed by atoms with E-state index in [0.717, 1.165) is 24.2 Å². The Hall–Kier alpha value is -2.09. The molecule has 0 saturated carbocycles. The van der Waals surface area contributed by atoms with Crippen molar-refractivity contribution in [3.8, 4) is 11.1 Å². The number of carbonyl (C=O) groups excluding carboxylic acids is 1. The highest BCUT2D eigenvalue weighted by atomic mass is 16.2. The van der Waals surface area contributed by atoms with Crippen LogP contribution in [-0.4, -0.2) is 23.9 Å². The van der Waals surface area contributed by atoms with Crippen LogP contribution >= 0.6 is 0 Å². The van der Waals surface area contributed by atoms with Crippen LogP contribution in [0.25, 0.3) is 11.1 Å². The molecule has 20 heavy (non-hydrogen) atoms. The van der Waals surface area contributed by atoms with Crippen molar-refractivity contribution in [1.29, 1.82) is 0 Å². The van der Waals surface area contributed by atoms with Gasteiger partial charge < -0.3 is 4.90 Å². The van der Waals surface area contributed by atoms with Gasteiger partial charge in [-0.25, -0.2) is 0 Å². The van der Waals surface area contributed by atoms with Crippen LogP contribution in [0.4, 0.5) is 0 Å². The average Bonchev–Trinajstić information content (AvgIpc) is 2.83. The molecule has 0 fully saturated rings. The molecular formula is C18H19NO. The molecule has 1 aliphatic rings. The zero-order valence-corrected chi connectivity index (χ0v) is 12.0. The lowest BCUT2D eigenvalue weighted by Crippen LogP contribution is -2.34. The average molecular weight is 265 g/mol. The maximum Gasteiger partial charge on any atom is 0.234 e. The minimum atomic E-state index is -0.137. The van der Waals surface area contributed by atoms with Crippen molar-refractivity contribution in [2.75, 3.05) is 13.1 Å². The van der Waals surface area contributed by atoms with E-state index in [-0.39, 0.29) is 11.8 Å². The second kappa shape index (κ2) is 5.12. The van der Waals surface area contributed by atoms with Crippen molar-refractivity contribution < 1.29 is 4.79 Å². The molecule has 0 heterocycles. The quantitative estimate of drug-likeness (QED) is 0.829. The topological polar surface area (TPSA) is 20.3 Å². The summed E-state index contributed by atoms with van der Waals surface area (Å²) in [6.07, 6.45) is 0. The smallest absolute Gasteiger partial charge is 0.234 e. The molecule has 0 aliphatic heterocycles. The van der Waals surface area contributed by atoms with E-state index in [1.54, 1.807) is 0 Å². The summed E-state index contributed by atoms with van der Waals surface area (Å²) in [6.45, 7) is 5.59. The van der Waals surface area contributed by atoms with E-state index in [0.29, 0.717) is 0 Å². The van der Waals surface area contributed by atoms with Gasteiger partial charge in [0.1, 0.15) is 0 Å². The van der Waals surface area contributed by atoms with E-state index in [4.69, 9.17) is 0 Å². The Balaban J connectivity index is 2.14. The summed E-state index contributed by atoms with van der Waals surface area (Å²) in [5.41, 5.74) is 4.69. The highest BCUT2D eigenvalue weighted by Gasteiger charge is 2.34. The van der Waals surface area contributed by atoms with E-state index >= 15 is 0 Å². The number of fused-ring (bicyclic) bond motifs is 3. The third kappa shape index (κ3) is 1.83. The molecule has 2 aromatic rings. The molecule has 2 aromatic carbocycles. The molecule has 0 unspecified atom stereocenters. The molecule has 3 rings (SSSR count). The Morgan fingerprint density at radius 1 is 0.900 bits per heavy atom. The number of nitrogens with zero attached hydrogens (tertiary/aromatic N) is 1. The predicted molar refractivity (Wildman–Crippen MR) is 81.6 cm³/mol. The van der Waals surface area contributed by atoms with Crippen molar-refractivity contribution in [2.45, 2.75) is 19.8 Å². The largest absolute Gasteiger partial charge is 0.342 e. The summed E-state index contributed by atoms with van der Waals surface area (Å²) in [5.74, 6) is 0.0784. The van der Waals surface area contributed by atoms with Crippen molar-refractivity contribution in [2.24, 2.45) is 0 Å². The van der Waals surface area contributed by atoms with Gasteiger partial charge in [0.2, 0.25) is 5.91 Å². The molecule has 0 N–H and O–H groups in total. The standard InChI is InChI=1S/C18H19NO/c1-3-19(4-2)18(20)17-15-11-7-5-9-13(15)14-10-6-8-12-16(14)17/h5-12,17H,3-4H2,1-2H3. The van der Waals surface area contributed by atoms with Gasteiger partial charge in [-0.2, -0.15) is 0 Å². The van der Waals surface area contributed by atoms with Crippen LogP contribution in [0.1, 0.15) is 30.9 Å². The van der Waals surface area contributed by atoms with E-state index in [9.17, 15) is 4.79 Å². The fourth-order valence-electron chi connectivity index (χ4n) is 3.14. The van der Waals surface area contributed by atoms with Gasteiger partial charge in [-0.3, -0.25) is 4.79 Å². The van der Waals surface area contributed by atoms with Gasteiger partial charge in [0.05, 0.1) is 5.92 Å². The Kier molecular flexibility index (Phi) is 3.31. The fourth-order valence-corrected chi connectivity index (χ4v) is 3.14. The second-order valence-electron chi connectivity index (χ2n) is 5.12. The van der Waals surface area contributed by atoms with E-state index in [1.165, 1.54) is 11.1 Å². The lowest BCUT2D eigenvalue weighted by Gasteiger charge is -2.23. The first kappa shape index (κ1) is 12.9. The van der Waals surface area contributed by atoms with Crippen molar-refractivity contribution in [1.82, 2.24) is 4.90 Å². The van der Waals surface area contributed by atoms with Crippen molar-refractivity contribution in [3.05, 3.63) is 59.7 Å². The fraction of sp³-hybridized carbons (Fsp3) is 0.278. The molecule has 0 spiro atoms. The monoisotopic (exact) mass is 265 g/mol. The highest BCUT2D eigenvalue weighted by molar-refractivity contribution is 5.96. The van der Waals surface area contributed by atoms with Crippen LogP contribution < -0.4 is 0 Å². The molecule has 1 aliphatic carbocycles. The Bertz CT molecular complexity index is 598. The predicted octanol–water partition coefficient (Wildman–Crippen LogP) is 3.67. The lowest BCUT2D eigenvalue weighted by molar-refractivity contribution is -0.131. The molecule has 0 atom stereocenters. The minimum Gasteiger partial charge on any atom is -0.342 e. The molecule has 1 amide bonds. The third-order valence-electron chi connectivity index (χ3n) is 4.16. The Morgan fingerprint density at radius 3 is 1.80 bits per heavy atom. The zero-order valence-electron chi connectivity index (χ0n) is 12.0. The minimum absolute atomic E-state index is 0.137. The van der Waals surface area contributed by atoms with Gasteiger partial charge in [-0.05, 0) is 36.1 Å². The number of hydrogen-bond acceptors (Lipinski definition) is 1. The molecule has 0 aromatic heterocycles. The van der Waals surface area contributed by atoms with E-state index in [1.807, 2.05) is 43.0 Å². The van der Waals surface area contributed by atoms with E-state index < -0.39 is 0 Å². The normalized spacial score (nSPS) is 12.9. The number of hydrogen-bond donors (Lipinski definition) is 0. The Morgan fingerprint density at radius 2 is 1.35 bits per heavy atom. The van der Waals surface area contributed by atoms with Crippen molar-refractivity contribution >= 4 is 5.91 Å². The first-order valence-electron chi connectivity index (χ1n) is 7.25. The lowest BCUT2D eigenvalue weighted by atomic mass is 9.95. The molecular weight excluding hydrogens is 246 g/mol. The van der Waals surface area contributed by atoms with Gasteiger partial charge in [-0.15, -0.1) is 0 Å². The molecule has 102 valence electrons. The van der Waals surface area contributed by atoms with Crippen LogP contribution in [0, 0.1) is 0 Å². The van der Waals surface area contributed by atoms with Gasteiger partial charge in [-0.1, -0.05) is 48.5 Å². The first-order chi connectivity index (χ1) is 9.77. The third-order valence-corrected chi connectivity index (χ3v) is 4.16. The second-order valence-corrected chi connectivity index (χ2v) is 5.12. The van der Waals surface area contributed by atoms with E-state index in [2.05, 4.69) is 24.3 Å². The number of rotatable bonds is 3. The number of amides is 1. The van der Waals surface area contributed by atoms with Crippen LogP contribution in [0.2, 0.25) is 0 Å². The number of carbonyl (C=O) groups is 1. The van der Waals surface area contributed by atoms with Gasteiger partial charge in [0, 0.05) is 13.1 Å². The molecule has 0 bridgehead atoms. The van der Waals surface area contributed by atoms with Gasteiger partial charge >= 0.3 is 0 Å². The Labute approximate surface area is 120 Å². The molecule has 0 radical (unpaired) electrons. The summed E-state index contributed by atoms with van der Waals surface area (Å²) >= 11 is 0.